The van der Waals surface area contributed by atoms with E-state index in [4.69, 9.17) is 10.5 Å². The minimum Gasteiger partial charge on any atom is -0.377 e. The first-order valence-corrected chi connectivity index (χ1v) is 7.42. The van der Waals surface area contributed by atoms with Gasteiger partial charge in [-0.3, -0.25) is 4.79 Å². The quantitative estimate of drug-likeness (QED) is 0.812. The summed E-state index contributed by atoms with van der Waals surface area (Å²) in [6.07, 6.45) is 0. The molecule has 0 atom stereocenters. The van der Waals surface area contributed by atoms with Crippen LogP contribution in [-0.2, 0) is 22.7 Å². The van der Waals surface area contributed by atoms with Crippen LogP contribution >= 0.6 is 0 Å². The summed E-state index contributed by atoms with van der Waals surface area (Å²) in [4.78, 5) is 12.4. The molecule has 0 saturated carbocycles. The molecule has 21 heavy (non-hydrogen) atoms. The Labute approximate surface area is 128 Å². The smallest absolute Gasteiger partial charge is 0.227 e. The number of rotatable bonds is 7. The molecule has 0 aliphatic heterocycles. The highest BCUT2D eigenvalue weighted by Crippen LogP contribution is 2.28. The first kappa shape index (κ1) is 17.7. The summed E-state index contributed by atoms with van der Waals surface area (Å²) >= 11 is 0. The Morgan fingerprint density at radius 1 is 1.19 bits per heavy atom. The van der Waals surface area contributed by atoms with Gasteiger partial charge in [0.05, 0.1) is 12.0 Å². The van der Waals surface area contributed by atoms with Crippen LogP contribution in [0.25, 0.3) is 0 Å². The molecule has 0 aromatic heterocycles. The number of hydrogen-bond acceptors (Lipinski definition) is 3. The van der Waals surface area contributed by atoms with Gasteiger partial charge in [-0.15, -0.1) is 0 Å². The van der Waals surface area contributed by atoms with Gasteiger partial charge in [0, 0.05) is 18.7 Å². The predicted octanol–water partition coefficient (Wildman–Crippen LogP) is 2.60. The number of nitrogens with two attached hydrogens (primary N) is 1. The van der Waals surface area contributed by atoms with Gasteiger partial charge in [0.25, 0.3) is 0 Å². The second-order valence-electron chi connectivity index (χ2n) is 6.44. The van der Waals surface area contributed by atoms with Crippen LogP contribution in [0.3, 0.4) is 0 Å². The van der Waals surface area contributed by atoms with Crippen LogP contribution in [-0.4, -0.2) is 18.1 Å². The summed E-state index contributed by atoms with van der Waals surface area (Å²) in [5.74, 6) is -0.0405. The van der Waals surface area contributed by atoms with Crippen LogP contribution in [0.4, 0.5) is 0 Å². The highest BCUT2D eigenvalue weighted by atomic mass is 16.5. The molecule has 3 N–H and O–H groups in total. The van der Waals surface area contributed by atoms with Crippen molar-refractivity contribution in [1.29, 1.82) is 0 Å². The third-order valence-electron chi connectivity index (χ3n) is 4.20. The van der Waals surface area contributed by atoms with E-state index in [1.165, 1.54) is 0 Å². The molecule has 0 fully saturated rings. The summed E-state index contributed by atoms with van der Waals surface area (Å²) in [5, 5.41) is 2.99. The van der Waals surface area contributed by atoms with E-state index < -0.39 is 11.0 Å². The molecule has 1 aromatic carbocycles. The van der Waals surface area contributed by atoms with E-state index in [-0.39, 0.29) is 5.91 Å². The maximum Gasteiger partial charge on any atom is 0.227 e. The second kappa shape index (κ2) is 7.05. The Morgan fingerprint density at radius 3 is 2.29 bits per heavy atom. The molecule has 0 bridgehead atoms. The molecule has 1 rings (SSSR count). The number of carbonyl (C=O) groups is 1. The molecule has 0 heterocycles. The average molecular weight is 292 g/mol. The van der Waals surface area contributed by atoms with Gasteiger partial charge in [-0.05, 0) is 45.7 Å². The number of carbonyl (C=O) groups excluding carboxylic acids is 1. The van der Waals surface area contributed by atoms with Crippen LogP contribution in [0.15, 0.2) is 24.3 Å². The van der Waals surface area contributed by atoms with Gasteiger partial charge >= 0.3 is 0 Å². The van der Waals surface area contributed by atoms with E-state index in [1.54, 1.807) is 0 Å². The van der Waals surface area contributed by atoms with Gasteiger partial charge in [0.15, 0.2) is 0 Å². The molecule has 0 aliphatic carbocycles. The number of hydrogen-bond donors (Lipinski definition) is 2. The van der Waals surface area contributed by atoms with Crippen LogP contribution in [0, 0.1) is 5.41 Å². The van der Waals surface area contributed by atoms with Crippen molar-refractivity contribution in [2.45, 2.75) is 53.3 Å². The topological polar surface area (TPSA) is 64.3 Å². The van der Waals surface area contributed by atoms with Crippen molar-refractivity contribution < 1.29 is 9.53 Å². The van der Waals surface area contributed by atoms with E-state index in [9.17, 15) is 4.79 Å². The Kier molecular flexibility index (Phi) is 5.93. The largest absolute Gasteiger partial charge is 0.377 e. The van der Waals surface area contributed by atoms with Crippen molar-refractivity contribution >= 4 is 5.91 Å². The minimum atomic E-state index is -0.637. The van der Waals surface area contributed by atoms with Crippen LogP contribution in [0.5, 0.6) is 0 Å². The fourth-order valence-corrected chi connectivity index (χ4v) is 1.77. The van der Waals surface area contributed by atoms with Gasteiger partial charge in [-0.2, -0.15) is 0 Å². The van der Waals surface area contributed by atoms with Crippen molar-refractivity contribution in [2.75, 3.05) is 6.61 Å². The van der Waals surface area contributed by atoms with Gasteiger partial charge in [-0.1, -0.05) is 24.3 Å². The van der Waals surface area contributed by atoms with Crippen molar-refractivity contribution in [3.63, 3.8) is 0 Å². The van der Waals surface area contributed by atoms with Gasteiger partial charge in [0.1, 0.15) is 0 Å². The van der Waals surface area contributed by atoms with Crippen LogP contribution < -0.4 is 11.1 Å². The normalized spacial score (nSPS) is 12.3. The average Bonchev–Trinajstić information content (AvgIpc) is 2.42. The van der Waals surface area contributed by atoms with Crippen LogP contribution in [0.1, 0.15) is 45.7 Å². The lowest BCUT2D eigenvalue weighted by Crippen LogP contribution is -2.55. The van der Waals surface area contributed by atoms with Crippen molar-refractivity contribution in [1.82, 2.24) is 5.32 Å². The van der Waals surface area contributed by atoms with E-state index >= 15 is 0 Å². The van der Waals surface area contributed by atoms with E-state index in [2.05, 4.69) is 5.32 Å². The summed E-state index contributed by atoms with van der Waals surface area (Å²) in [7, 11) is 0. The first-order valence-electron chi connectivity index (χ1n) is 7.42. The van der Waals surface area contributed by atoms with Crippen LogP contribution in [0.2, 0.25) is 0 Å². The number of amides is 1. The summed E-state index contributed by atoms with van der Waals surface area (Å²) in [6.45, 7) is 11.2. The zero-order chi connectivity index (χ0) is 16.1. The lowest BCUT2D eigenvalue weighted by atomic mass is 9.74. The summed E-state index contributed by atoms with van der Waals surface area (Å²) in [6, 6.07) is 7.98. The maximum absolute atomic E-state index is 12.4. The zero-order valence-corrected chi connectivity index (χ0v) is 13.8. The number of ether oxygens (including phenoxy) is 1. The lowest BCUT2D eigenvalue weighted by Gasteiger charge is -2.37. The van der Waals surface area contributed by atoms with Crippen molar-refractivity contribution in [2.24, 2.45) is 11.1 Å². The van der Waals surface area contributed by atoms with E-state index in [1.807, 2.05) is 58.9 Å². The molecule has 1 aromatic rings. The molecular formula is C17H28N2O2. The maximum atomic E-state index is 12.4. The fourth-order valence-electron chi connectivity index (χ4n) is 1.77. The molecule has 4 heteroatoms. The number of benzene rings is 1. The van der Waals surface area contributed by atoms with Gasteiger partial charge < -0.3 is 15.8 Å². The molecular weight excluding hydrogens is 264 g/mol. The van der Waals surface area contributed by atoms with E-state index in [0.29, 0.717) is 19.8 Å². The Bertz CT molecular complexity index is 476. The Balaban J connectivity index is 2.74. The van der Waals surface area contributed by atoms with Gasteiger partial charge in [0.2, 0.25) is 5.91 Å². The Morgan fingerprint density at radius 2 is 1.76 bits per heavy atom. The first-order chi connectivity index (χ1) is 9.70. The summed E-state index contributed by atoms with van der Waals surface area (Å²) in [5.41, 5.74) is 7.05. The predicted molar refractivity (Wildman–Crippen MR) is 85.7 cm³/mol. The third kappa shape index (κ3) is 4.55. The van der Waals surface area contributed by atoms with Crippen molar-refractivity contribution in [3.8, 4) is 0 Å². The molecule has 0 saturated heterocycles. The standard InChI is InChI=1S/C17H28N2O2/c1-6-21-12-14-10-8-7-9-13(14)11-19-15(20)16(2,3)17(4,5)18/h7-10H,6,11-12,18H2,1-5H3,(H,19,20). The SMILES string of the molecule is CCOCc1ccccc1CNC(=O)C(C)(C)C(C)(C)N. The highest BCUT2D eigenvalue weighted by Gasteiger charge is 2.40. The molecule has 0 radical (unpaired) electrons. The number of nitrogens with one attached hydrogen (secondary N) is 1. The second-order valence-corrected chi connectivity index (χ2v) is 6.44. The lowest BCUT2D eigenvalue weighted by molar-refractivity contribution is -0.132. The molecule has 4 nitrogen and oxygen atoms in total. The molecule has 1 amide bonds. The minimum absolute atomic E-state index is 0.0405. The monoisotopic (exact) mass is 292 g/mol. The molecule has 0 unspecified atom stereocenters. The third-order valence-corrected chi connectivity index (χ3v) is 4.20. The highest BCUT2D eigenvalue weighted by molar-refractivity contribution is 5.83. The fraction of sp³-hybridized carbons (Fsp3) is 0.588. The molecule has 118 valence electrons. The zero-order valence-electron chi connectivity index (χ0n) is 13.8. The van der Waals surface area contributed by atoms with Gasteiger partial charge in [-0.25, -0.2) is 0 Å². The van der Waals surface area contributed by atoms with E-state index in [0.717, 1.165) is 11.1 Å². The Hall–Kier alpha value is -1.39. The summed E-state index contributed by atoms with van der Waals surface area (Å²) < 4.78 is 5.46. The van der Waals surface area contributed by atoms with Crippen molar-refractivity contribution in [3.05, 3.63) is 35.4 Å². The molecule has 0 aliphatic rings. The molecule has 0 spiro atoms.